The van der Waals surface area contributed by atoms with Gasteiger partial charge in [-0.05, 0) is 37.8 Å². The molecule has 0 fully saturated rings. The molecule has 1 rings (SSSR count). The number of amidine groups is 1. The molecule has 1 aromatic rings. The molecule has 0 unspecified atom stereocenters. The van der Waals surface area contributed by atoms with Crippen LogP contribution in [0.1, 0.15) is 57.7 Å². The quantitative estimate of drug-likeness (QED) is 0.584. The van der Waals surface area contributed by atoms with Crippen molar-refractivity contribution in [2.75, 3.05) is 0 Å². The zero-order valence-electron chi connectivity index (χ0n) is 12.9. The first-order valence-corrected chi connectivity index (χ1v) is 7.07. The average Bonchev–Trinajstić information content (AvgIpc) is 2.37. The minimum absolute atomic E-state index is 0.0767. The summed E-state index contributed by atoms with van der Waals surface area (Å²) < 4.78 is 0. The maximum atomic E-state index is 11.9. The standard InChI is InChI=1S/C16H25N3O/c1-10(2)13-7-6-8-14(9-13)12(5)19-16(20)15(17)18-11(3)4/h6-12H,1-5H3,(H2,17,18)(H,19,20)/t12-/m1/s1. The molecule has 1 aromatic carbocycles. The third kappa shape index (κ3) is 4.68. The molecule has 0 saturated carbocycles. The lowest BCUT2D eigenvalue weighted by Crippen LogP contribution is -2.43. The van der Waals surface area contributed by atoms with Crippen LogP contribution in [0.3, 0.4) is 0 Å². The van der Waals surface area contributed by atoms with Gasteiger partial charge in [-0.15, -0.1) is 0 Å². The minimum atomic E-state index is -0.374. The molecule has 0 aliphatic carbocycles. The van der Waals surface area contributed by atoms with Crippen LogP contribution in [0, 0.1) is 5.41 Å². The van der Waals surface area contributed by atoms with Crippen LogP contribution in [0.2, 0.25) is 0 Å². The maximum Gasteiger partial charge on any atom is 0.286 e. The Kier molecular flexibility index (Phi) is 5.74. The van der Waals surface area contributed by atoms with Gasteiger partial charge >= 0.3 is 0 Å². The SMILES string of the molecule is CC(C)NC(=N)C(=O)N[C@H](C)c1cccc(C(C)C)c1. The summed E-state index contributed by atoms with van der Waals surface area (Å²) in [6, 6.07) is 8.16. The van der Waals surface area contributed by atoms with Gasteiger partial charge in [0.1, 0.15) is 0 Å². The molecule has 3 N–H and O–H groups in total. The van der Waals surface area contributed by atoms with Crippen LogP contribution < -0.4 is 10.6 Å². The third-order valence-corrected chi connectivity index (χ3v) is 3.09. The Morgan fingerprint density at radius 2 is 1.65 bits per heavy atom. The highest BCUT2D eigenvalue weighted by Crippen LogP contribution is 2.19. The van der Waals surface area contributed by atoms with Crippen molar-refractivity contribution in [2.24, 2.45) is 0 Å². The Morgan fingerprint density at radius 3 is 2.20 bits per heavy atom. The van der Waals surface area contributed by atoms with E-state index in [1.165, 1.54) is 5.56 Å². The highest BCUT2D eigenvalue weighted by atomic mass is 16.2. The Labute approximate surface area is 121 Å². The lowest BCUT2D eigenvalue weighted by atomic mass is 9.98. The van der Waals surface area contributed by atoms with Crippen LogP contribution in [0.25, 0.3) is 0 Å². The van der Waals surface area contributed by atoms with E-state index in [4.69, 9.17) is 5.41 Å². The van der Waals surface area contributed by atoms with Crippen LogP contribution in [0.15, 0.2) is 24.3 Å². The first-order valence-electron chi connectivity index (χ1n) is 7.07. The van der Waals surface area contributed by atoms with Gasteiger partial charge in [0.25, 0.3) is 5.91 Å². The fraction of sp³-hybridized carbons (Fsp3) is 0.500. The molecule has 0 saturated heterocycles. The van der Waals surface area contributed by atoms with Gasteiger partial charge in [0.15, 0.2) is 5.84 Å². The van der Waals surface area contributed by atoms with Gasteiger partial charge in [-0.3, -0.25) is 10.2 Å². The van der Waals surface area contributed by atoms with Gasteiger partial charge in [-0.1, -0.05) is 38.1 Å². The highest BCUT2D eigenvalue weighted by Gasteiger charge is 2.15. The van der Waals surface area contributed by atoms with Gasteiger partial charge in [0.05, 0.1) is 6.04 Å². The molecule has 1 atom stereocenters. The molecule has 1 amide bonds. The molecule has 4 nitrogen and oxygen atoms in total. The van der Waals surface area contributed by atoms with Crippen LogP contribution >= 0.6 is 0 Å². The molecule has 0 spiro atoms. The number of benzene rings is 1. The Hall–Kier alpha value is -1.84. The number of hydrogen-bond donors (Lipinski definition) is 3. The van der Waals surface area contributed by atoms with Gasteiger partial charge in [0.2, 0.25) is 0 Å². The van der Waals surface area contributed by atoms with Crippen molar-refractivity contribution in [1.29, 1.82) is 5.41 Å². The van der Waals surface area contributed by atoms with E-state index in [-0.39, 0.29) is 23.8 Å². The largest absolute Gasteiger partial charge is 0.364 e. The maximum absolute atomic E-state index is 11.9. The molecule has 110 valence electrons. The summed E-state index contributed by atoms with van der Waals surface area (Å²) in [7, 11) is 0. The molecule has 0 bridgehead atoms. The summed E-state index contributed by atoms with van der Waals surface area (Å²) >= 11 is 0. The Bertz CT molecular complexity index is 480. The molecule has 0 aliphatic heterocycles. The number of nitrogens with one attached hydrogen (secondary N) is 3. The van der Waals surface area contributed by atoms with E-state index in [9.17, 15) is 4.79 Å². The van der Waals surface area contributed by atoms with Gasteiger partial charge in [-0.2, -0.15) is 0 Å². The zero-order chi connectivity index (χ0) is 15.3. The fourth-order valence-electron chi connectivity index (χ4n) is 1.89. The van der Waals surface area contributed by atoms with Crippen LogP contribution in [0.4, 0.5) is 0 Å². The van der Waals surface area contributed by atoms with Gasteiger partial charge in [-0.25, -0.2) is 0 Å². The molecule has 0 heterocycles. The second kappa shape index (κ2) is 7.08. The van der Waals surface area contributed by atoms with E-state index in [0.29, 0.717) is 5.92 Å². The highest BCUT2D eigenvalue weighted by molar-refractivity contribution is 6.36. The van der Waals surface area contributed by atoms with Crippen molar-refractivity contribution in [3.05, 3.63) is 35.4 Å². The first-order chi connectivity index (χ1) is 9.31. The zero-order valence-corrected chi connectivity index (χ0v) is 12.9. The summed E-state index contributed by atoms with van der Waals surface area (Å²) in [5, 5.41) is 13.3. The van der Waals surface area contributed by atoms with Crippen LogP contribution in [0.5, 0.6) is 0 Å². The minimum Gasteiger partial charge on any atom is -0.364 e. The number of amides is 1. The third-order valence-electron chi connectivity index (χ3n) is 3.09. The first kappa shape index (κ1) is 16.2. The van der Waals surface area contributed by atoms with Crippen LogP contribution in [-0.2, 0) is 4.79 Å². The summed E-state index contributed by atoms with van der Waals surface area (Å²) in [5.74, 6) is -0.00762. The topological polar surface area (TPSA) is 65.0 Å². The summed E-state index contributed by atoms with van der Waals surface area (Å²) in [5.41, 5.74) is 2.31. The van der Waals surface area contributed by atoms with Crippen molar-refractivity contribution in [3.8, 4) is 0 Å². The van der Waals surface area contributed by atoms with E-state index in [1.54, 1.807) is 0 Å². The average molecular weight is 275 g/mol. The lowest BCUT2D eigenvalue weighted by Gasteiger charge is -2.17. The normalized spacial score (nSPS) is 12.3. The Balaban J connectivity index is 2.71. The van der Waals surface area contributed by atoms with E-state index in [0.717, 1.165) is 5.56 Å². The number of carbonyl (C=O) groups is 1. The summed E-state index contributed by atoms with van der Waals surface area (Å²) in [6.45, 7) is 10.0. The van der Waals surface area contributed by atoms with Crippen molar-refractivity contribution >= 4 is 11.7 Å². The Morgan fingerprint density at radius 1 is 1.05 bits per heavy atom. The molecular weight excluding hydrogens is 250 g/mol. The van der Waals surface area contributed by atoms with E-state index in [2.05, 4.69) is 36.6 Å². The lowest BCUT2D eigenvalue weighted by molar-refractivity contribution is -0.115. The predicted molar refractivity (Wildman–Crippen MR) is 83.1 cm³/mol. The van der Waals surface area contributed by atoms with Gasteiger partial charge in [0, 0.05) is 6.04 Å². The van der Waals surface area contributed by atoms with E-state index < -0.39 is 0 Å². The second-order valence-corrected chi connectivity index (χ2v) is 5.69. The molecule has 0 aromatic heterocycles. The van der Waals surface area contributed by atoms with E-state index in [1.807, 2.05) is 32.9 Å². The predicted octanol–water partition coefficient (Wildman–Crippen LogP) is 2.96. The summed E-state index contributed by atoms with van der Waals surface area (Å²) in [6.07, 6.45) is 0. The number of carbonyl (C=O) groups excluding carboxylic acids is 1. The van der Waals surface area contributed by atoms with Gasteiger partial charge < -0.3 is 10.6 Å². The van der Waals surface area contributed by atoms with Crippen LogP contribution in [-0.4, -0.2) is 17.8 Å². The number of hydrogen-bond acceptors (Lipinski definition) is 2. The van der Waals surface area contributed by atoms with Crippen molar-refractivity contribution in [1.82, 2.24) is 10.6 Å². The smallest absolute Gasteiger partial charge is 0.286 e. The molecule has 4 heteroatoms. The molecular formula is C16H25N3O. The van der Waals surface area contributed by atoms with Crippen molar-refractivity contribution in [3.63, 3.8) is 0 Å². The van der Waals surface area contributed by atoms with Crippen molar-refractivity contribution < 1.29 is 4.79 Å². The fourth-order valence-corrected chi connectivity index (χ4v) is 1.89. The summed E-state index contributed by atoms with van der Waals surface area (Å²) in [4.78, 5) is 11.9. The van der Waals surface area contributed by atoms with E-state index >= 15 is 0 Å². The molecule has 0 aliphatic rings. The van der Waals surface area contributed by atoms with Crippen molar-refractivity contribution in [2.45, 2.75) is 52.6 Å². The molecule has 0 radical (unpaired) electrons. The molecule has 20 heavy (non-hydrogen) atoms. The monoisotopic (exact) mass is 275 g/mol. The number of rotatable bonds is 4. The second-order valence-electron chi connectivity index (χ2n) is 5.69.